The standard InChI is InChI=1S/C23H33N5O5/c1-15(2)14-18(21(29)30)24-20-19(25-33-26-20)16-6-8-17(9-7-16)27-10-12-28(13-11-27)22(31)32-23(3,4)5/h6-9,15,18H,10-14H2,1-5H3,(H,24,26)(H,29,30). The summed E-state index contributed by atoms with van der Waals surface area (Å²) in [5.41, 5.74) is 1.75. The summed E-state index contributed by atoms with van der Waals surface area (Å²) in [6, 6.07) is 6.97. The van der Waals surface area contributed by atoms with Gasteiger partial charge in [-0.1, -0.05) is 26.0 Å². The first-order valence-corrected chi connectivity index (χ1v) is 11.2. The summed E-state index contributed by atoms with van der Waals surface area (Å²) in [6.45, 7) is 12.1. The van der Waals surface area contributed by atoms with E-state index in [1.165, 1.54) is 0 Å². The fraction of sp³-hybridized carbons (Fsp3) is 0.565. The number of anilines is 2. The molecule has 180 valence electrons. The van der Waals surface area contributed by atoms with Crippen molar-refractivity contribution in [3.63, 3.8) is 0 Å². The lowest BCUT2D eigenvalue weighted by molar-refractivity contribution is -0.138. The van der Waals surface area contributed by atoms with Crippen LogP contribution in [0.1, 0.15) is 41.0 Å². The fourth-order valence-electron chi connectivity index (χ4n) is 3.63. The number of rotatable bonds is 7. The van der Waals surface area contributed by atoms with E-state index in [-0.39, 0.29) is 12.0 Å². The summed E-state index contributed by atoms with van der Waals surface area (Å²) in [5, 5.41) is 20.3. The summed E-state index contributed by atoms with van der Waals surface area (Å²) < 4.78 is 10.3. The Morgan fingerprint density at radius 1 is 1.12 bits per heavy atom. The Hall–Kier alpha value is -3.30. The smallest absolute Gasteiger partial charge is 0.410 e. The molecule has 10 nitrogen and oxygen atoms in total. The molecule has 1 fully saturated rings. The molecule has 2 aromatic rings. The third kappa shape index (κ3) is 6.59. The molecule has 3 rings (SSSR count). The van der Waals surface area contributed by atoms with Gasteiger partial charge >= 0.3 is 12.1 Å². The monoisotopic (exact) mass is 459 g/mol. The van der Waals surface area contributed by atoms with Gasteiger partial charge in [-0.3, -0.25) is 0 Å². The molecular weight excluding hydrogens is 426 g/mol. The van der Waals surface area contributed by atoms with Gasteiger partial charge in [0.25, 0.3) is 0 Å². The Labute approximate surface area is 193 Å². The summed E-state index contributed by atoms with van der Waals surface area (Å²) in [5.74, 6) is -0.433. The molecule has 0 saturated carbocycles. The van der Waals surface area contributed by atoms with Crippen LogP contribution < -0.4 is 10.2 Å². The summed E-state index contributed by atoms with van der Waals surface area (Å²) >= 11 is 0. The number of carbonyl (C=O) groups excluding carboxylic acids is 1. The van der Waals surface area contributed by atoms with Crippen molar-refractivity contribution in [1.29, 1.82) is 0 Å². The molecule has 1 aliphatic rings. The van der Waals surface area contributed by atoms with Crippen LogP contribution in [0, 0.1) is 5.92 Å². The number of benzene rings is 1. The zero-order valence-electron chi connectivity index (χ0n) is 19.9. The maximum absolute atomic E-state index is 12.3. The van der Waals surface area contributed by atoms with E-state index in [0.29, 0.717) is 44.1 Å². The van der Waals surface area contributed by atoms with Crippen molar-refractivity contribution >= 4 is 23.6 Å². The highest BCUT2D eigenvalue weighted by Crippen LogP contribution is 2.28. The van der Waals surface area contributed by atoms with Gasteiger partial charge < -0.3 is 25.0 Å². The second kappa shape index (κ2) is 10.1. The lowest BCUT2D eigenvalue weighted by Crippen LogP contribution is -2.50. The van der Waals surface area contributed by atoms with Crippen LogP contribution in [0.5, 0.6) is 0 Å². The van der Waals surface area contributed by atoms with Crippen molar-refractivity contribution in [3.8, 4) is 11.3 Å². The van der Waals surface area contributed by atoms with E-state index in [9.17, 15) is 14.7 Å². The minimum absolute atomic E-state index is 0.206. The Morgan fingerprint density at radius 2 is 1.76 bits per heavy atom. The summed E-state index contributed by atoms with van der Waals surface area (Å²) in [4.78, 5) is 27.8. The number of ether oxygens (including phenoxy) is 1. The number of aromatic nitrogens is 2. The van der Waals surface area contributed by atoms with Gasteiger partial charge in [0.15, 0.2) is 11.5 Å². The van der Waals surface area contributed by atoms with Crippen LogP contribution in [0.15, 0.2) is 28.9 Å². The van der Waals surface area contributed by atoms with Crippen molar-refractivity contribution in [2.45, 2.75) is 52.7 Å². The predicted octanol–water partition coefficient (Wildman–Crippen LogP) is 3.70. The SMILES string of the molecule is CC(C)CC(Nc1nonc1-c1ccc(N2CCN(C(=O)OC(C)(C)C)CC2)cc1)C(=O)O. The number of carboxylic acid groups (broad SMARTS) is 1. The quantitative estimate of drug-likeness (QED) is 0.638. The highest BCUT2D eigenvalue weighted by molar-refractivity contribution is 5.80. The van der Waals surface area contributed by atoms with Crippen LogP contribution in [0.2, 0.25) is 0 Å². The molecule has 2 N–H and O–H groups in total. The van der Waals surface area contributed by atoms with Crippen LogP contribution in [0.25, 0.3) is 11.3 Å². The lowest BCUT2D eigenvalue weighted by atomic mass is 10.0. The molecular formula is C23H33N5O5. The average Bonchev–Trinajstić information content (AvgIpc) is 3.20. The molecule has 2 heterocycles. The normalized spacial score (nSPS) is 15.5. The molecule has 33 heavy (non-hydrogen) atoms. The largest absolute Gasteiger partial charge is 0.480 e. The Bertz CT molecular complexity index is 943. The molecule has 0 bridgehead atoms. The van der Waals surface area contributed by atoms with Crippen molar-refractivity contribution in [2.75, 3.05) is 36.4 Å². The van der Waals surface area contributed by atoms with E-state index in [2.05, 4.69) is 20.5 Å². The molecule has 1 aromatic heterocycles. The van der Waals surface area contributed by atoms with Crippen molar-refractivity contribution in [2.24, 2.45) is 5.92 Å². The second-order valence-corrected chi connectivity index (χ2v) is 9.63. The van der Waals surface area contributed by atoms with E-state index in [0.717, 1.165) is 11.3 Å². The minimum Gasteiger partial charge on any atom is -0.480 e. The van der Waals surface area contributed by atoms with Crippen LogP contribution >= 0.6 is 0 Å². The highest BCUT2D eigenvalue weighted by atomic mass is 16.6. The van der Waals surface area contributed by atoms with Gasteiger partial charge in [0, 0.05) is 37.4 Å². The van der Waals surface area contributed by atoms with Crippen LogP contribution in [0.4, 0.5) is 16.3 Å². The first kappa shape index (κ1) is 24.3. The molecule has 10 heteroatoms. The molecule has 0 aliphatic carbocycles. The number of nitrogens with one attached hydrogen (secondary N) is 1. The van der Waals surface area contributed by atoms with Gasteiger partial charge in [-0.05, 0) is 55.6 Å². The number of amides is 1. The van der Waals surface area contributed by atoms with E-state index in [1.54, 1.807) is 4.90 Å². The zero-order chi connectivity index (χ0) is 24.2. The van der Waals surface area contributed by atoms with Crippen LogP contribution in [-0.4, -0.2) is 70.2 Å². The third-order valence-electron chi connectivity index (χ3n) is 5.24. The number of carbonyl (C=O) groups is 2. The number of carboxylic acids is 1. The fourth-order valence-corrected chi connectivity index (χ4v) is 3.63. The van der Waals surface area contributed by atoms with Gasteiger partial charge in [-0.25, -0.2) is 14.2 Å². The molecule has 1 atom stereocenters. The Balaban J connectivity index is 1.63. The van der Waals surface area contributed by atoms with E-state index >= 15 is 0 Å². The maximum Gasteiger partial charge on any atom is 0.410 e. The van der Waals surface area contributed by atoms with Gasteiger partial charge in [-0.2, -0.15) is 0 Å². The van der Waals surface area contributed by atoms with Crippen molar-refractivity contribution in [1.82, 2.24) is 15.2 Å². The second-order valence-electron chi connectivity index (χ2n) is 9.63. The van der Waals surface area contributed by atoms with Gasteiger partial charge in [0.1, 0.15) is 11.6 Å². The predicted molar refractivity (Wildman–Crippen MR) is 124 cm³/mol. The van der Waals surface area contributed by atoms with Crippen LogP contribution in [0.3, 0.4) is 0 Å². The minimum atomic E-state index is -0.946. The summed E-state index contributed by atoms with van der Waals surface area (Å²) in [6.07, 6.45) is 0.170. The molecule has 1 saturated heterocycles. The van der Waals surface area contributed by atoms with Crippen molar-refractivity contribution < 1.29 is 24.1 Å². The molecule has 1 amide bonds. The van der Waals surface area contributed by atoms with Gasteiger partial charge in [0.05, 0.1) is 0 Å². The topological polar surface area (TPSA) is 121 Å². The first-order valence-electron chi connectivity index (χ1n) is 11.2. The van der Waals surface area contributed by atoms with E-state index < -0.39 is 17.6 Å². The van der Waals surface area contributed by atoms with Crippen LogP contribution in [-0.2, 0) is 9.53 Å². The maximum atomic E-state index is 12.3. The Kier molecular flexibility index (Phi) is 7.45. The third-order valence-corrected chi connectivity index (χ3v) is 5.24. The molecule has 1 aromatic carbocycles. The number of aliphatic carboxylic acids is 1. The average molecular weight is 460 g/mol. The summed E-state index contributed by atoms with van der Waals surface area (Å²) in [7, 11) is 0. The van der Waals surface area contributed by atoms with E-state index in [1.807, 2.05) is 58.9 Å². The van der Waals surface area contributed by atoms with Crippen molar-refractivity contribution in [3.05, 3.63) is 24.3 Å². The molecule has 0 radical (unpaired) electrons. The first-order chi connectivity index (χ1) is 15.5. The number of piperazine rings is 1. The lowest BCUT2D eigenvalue weighted by Gasteiger charge is -2.36. The van der Waals surface area contributed by atoms with E-state index in [4.69, 9.17) is 9.37 Å². The molecule has 1 aliphatic heterocycles. The number of hydrogen-bond donors (Lipinski definition) is 2. The molecule has 1 unspecified atom stereocenters. The number of nitrogens with zero attached hydrogens (tertiary/aromatic N) is 4. The van der Waals surface area contributed by atoms with Gasteiger partial charge in [0.2, 0.25) is 0 Å². The molecule has 0 spiro atoms. The zero-order valence-corrected chi connectivity index (χ0v) is 19.9. The number of hydrogen-bond acceptors (Lipinski definition) is 8. The Morgan fingerprint density at radius 3 is 2.30 bits per heavy atom. The highest BCUT2D eigenvalue weighted by Gasteiger charge is 2.26. The van der Waals surface area contributed by atoms with Gasteiger partial charge in [-0.15, -0.1) is 0 Å².